The summed E-state index contributed by atoms with van der Waals surface area (Å²) in [6, 6.07) is 9.84. The summed E-state index contributed by atoms with van der Waals surface area (Å²) in [7, 11) is 0. The van der Waals surface area contributed by atoms with Gasteiger partial charge in [0.1, 0.15) is 5.82 Å². The van der Waals surface area contributed by atoms with Crippen LogP contribution in [0, 0.1) is 12.7 Å². The molecule has 0 spiro atoms. The molecule has 0 aliphatic rings. The van der Waals surface area contributed by atoms with Gasteiger partial charge in [0.2, 0.25) is 0 Å². The van der Waals surface area contributed by atoms with E-state index in [9.17, 15) is 9.18 Å². The highest BCUT2D eigenvalue weighted by molar-refractivity contribution is 9.10. The topological polar surface area (TPSA) is 29.1 Å². The maximum Gasteiger partial charge on any atom is 0.259 e. The Morgan fingerprint density at radius 3 is 2.53 bits per heavy atom. The number of rotatable bonds is 2. The van der Waals surface area contributed by atoms with E-state index in [1.54, 1.807) is 24.3 Å². The standard InChI is InChI=1S/C14H10Br2FNO/c1-8-5-6-9(7-11(8)16)18-14(19)13-10(15)3-2-4-12(13)17/h2-7H,1H3,(H,18,19). The fourth-order valence-electron chi connectivity index (χ4n) is 1.58. The summed E-state index contributed by atoms with van der Waals surface area (Å²) in [5.41, 5.74) is 1.67. The predicted octanol–water partition coefficient (Wildman–Crippen LogP) is 4.91. The number of carbonyl (C=O) groups is 1. The second-order valence-corrected chi connectivity index (χ2v) is 5.72. The fourth-order valence-corrected chi connectivity index (χ4v) is 2.48. The molecule has 0 aromatic heterocycles. The Kier molecular flexibility index (Phi) is 4.37. The molecule has 2 aromatic carbocycles. The lowest BCUT2D eigenvalue weighted by atomic mass is 10.2. The third kappa shape index (κ3) is 3.22. The van der Waals surface area contributed by atoms with Gasteiger partial charge >= 0.3 is 0 Å². The van der Waals surface area contributed by atoms with Crippen LogP contribution in [-0.4, -0.2) is 5.91 Å². The van der Waals surface area contributed by atoms with Crippen LogP contribution < -0.4 is 5.32 Å². The number of halogens is 3. The average molecular weight is 387 g/mol. The second-order valence-electron chi connectivity index (χ2n) is 4.01. The highest BCUT2D eigenvalue weighted by Gasteiger charge is 2.15. The molecule has 0 unspecified atom stereocenters. The van der Waals surface area contributed by atoms with Gasteiger partial charge in [-0.3, -0.25) is 4.79 Å². The van der Waals surface area contributed by atoms with Crippen LogP contribution in [0.5, 0.6) is 0 Å². The van der Waals surface area contributed by atoms with Crippen LogP contribution in [0.15, 0.2) is 45.3 Å². The van der Waals surface area contributed by atoms with Crippen molar-refractivity contribution in [2.75, 3.05) is 5.32 Å². The quantitative estimate of drug-likeness (QED) is 0.780. The van der Waals surface area contributed by atoms with Gasteiger partial charge in [-0.1, -0.05) is 28.1 Å². The first-order valence-corrected chi connectivity index (χ1v) is 7.09. The molecule has 19 heavy (non-hydrogen) atoms. The Balaban J connectivity index is 2.28. The maximum atomic E-state index is 13.6. The van der Waals surface area contributed by atoms with Crippen LogP contribution >= 0.6 is 31.9 Å². The van der Waals surface area contributed by atoms with E-state index in [0.717, 1.165) is 10.0 Å². The van der Waals surface area contributed by atoms with E-state index in [-0.39, 0.29) is 5.56 Å². The molecule has 2 rings (SSSR count). The molecule has 0 atom stereocenters. The van der Waals surface area contributed by atoms with Gasteiger partial charge in [-0.2, -0.15) is 0 Å². The molecule has 98 valence electrons. The lowest BCUT2D eigenvalue weighted by molar-refractivity contribution is 0.102. The highest BCUT2D eigenvalue weighted by Crippen LogP contribution is 2.24. The van der Waals surface area contributed by atoms with E-state index in [2.05, 4.69) is 37.2 Å². The fraction of sp³-hybridized carbons (Fsp3) is 0.0714. The van der Waals surface area contributed by atoms with Crippen LogP contribution in [0.3, 0.4) is 0 Å². The third-order valence-electron chi connectivity index (χ3n) is 2.62. The Morgan fingerprint density at radius 2 is 1.89 bits per heavy atom. The van der Waals surface area contributed by atoms with Gasteiger partial charge in [0.15, 0.2) is 0 Å². The van der Waals surface area contributed by atoms with Crippen molar-refractivity contribution in [3.8, 4) is 0 Å². The van der Waals surface area contributed by atoms with Crippen LogP contribution in [-0.2, 0) is 0 Å². The highest BCUT2D eigenvalue weighted by atomic mass is 79.9. The summed E-state index contributed by atoms with van der Waals surface area (Å²) in [5, 5.41) is 2.67. The van der Waals surface area contributed by atoms with Crippen molar-refractivity contribution in [3.63, 3.8) is 0 Å². The molecule has 0 saturated heterocycles. The number of anilines is 1. The summed E-state index contributed by atoms with van der Waals surface area (Å²) >= 11 is 6.56. The van der Waals surface area contributed by atoms with Gasteiger partial charge in [0, 0.05) is 14.6 Å². The predicted molar refractivity (Wildman–Crippen MR) is 80.9 cm³/mol. The minimum absolute atomic E-state index is 0.000743. The minimum Gasteiger partial charge on any atom is -0.322 e. The van der Waals surface area contributed by atoms with E-state index in [0.29, 0.717) is 10.2 Å². The normalized spacial score (nSPS) is 10.3. The lowest BCUT2D eigenvalue weighted by Crippen LogP contribution is -2.14. The van der Waals surface area contributed by atoms with Crippen LogP contribution in [0.4, 0.5) is 10.1 Å². The first-order valence-electron chi connectivity index (χ1n) is 5.50. The molecule has 2 nitrogen and oxygen atoms in total. The first-order chi connectivity index (χ1) is 8.99. The van der Waals surface area contributed by atoms with Crippen molar-refractivity contribution in [2.24, 2.45) is 0 Å². The van der Waals surface area contributed by atoms with Crippen molar-refractivity contribution in [3.05, 3.63) is 62.3 Å². The minimum atomic E-state index is -0.557. The molecule has 0 aliphatic heterocycles. The summed E-state index contributed by atoms with van der Waals surface area (Å²) < 4.78 is 15.0. The summed E-state index contributed by atoms with van der Waals surface area (Å²) in [6.07, 6.45) is 0. The van der Waals surface area contributed by atoms with E-state index in [1.165, 1.54) is 6.07 Å². The third-order valence-corrected chi connectivity index (χ3v) is 4.13. The van der Waals surface area contributed by atoms with Gasteiger partial charge < -0.3 is 5.32 Å². The summed E-state index contributed by atoms with van der Waals surface area (Å²) in [4.78, 5) is 12.1. The molecule has 0 bridgehead atoms. The Labute approximate surface area is 127 Å². The number of hydrogen-bond donors (Lipinski definition) is 1. The van der Waals surface area contributed by atoms with Crippen LogP contribution in [0.2, 0.25) is 0 Å². The van der Waals surface area contributed by atoms with Crippen molar-refractivity contribution >= 4 is 43.5 Å². The van der Waals surface area contributed by atoms with Gasteiger partial charge in [-0.15, -0.1) is 0 Å². The SMILES string of the molecule is Cc1ccc(NC(=O)c2c(F)cccc2Br)cc1Br. The Morgan fingerprint density at radius 1 is 1.16 bits per heavy atom. The molecule has 1 amide bonds. The zero-order valence-electron chi connectivity index (χ0n) is 10.0. The van der Waals surface area contributed by atoms with E-state index >= 15 is 0 Å². The maximum absolute atomic E-state index is 13.6. The van der Waals surface area contributed by atoms with Crippen molar-refractivity contribution in [2.45, 2.75) is 6.92 Å². The molecular formula is C14H10Br2FNO. The van der Waals surface area contributed by atoms with Gasteiger partial charge in [0.05, 0.1) is 5.56 Å². The van der Waals surface area contributed by atoms with Gasteiger partial charge in [-0.25, -0.2) is 4.39 Å². The summed E-state index contributed by atoms with van der Waals surface area (Å²) in [6.45, 7) is 1.95. The molecule has 2 aromatic rings. The Bertz CT molecular complexity index is 623. The van der Waals surface area contributed by atoms with Crippen molar-refractivity contribution in [1.82, 2.24) is 0 Å². The molecule has 5 heteroatoms. The summed E-state index contributed by atoms with van der Waals surface area (Å²) in [5.74, 6) is -1.04. The van der Waals surface area contributed by atoms with Gasteiger partial charge in [-0.05, 0) is 52.7 Å². The van der Waals surface area contributed by atoms with Crippen LogP contribution in [0.25, 0.3) is 0 Å². The number of carbonyl (C=O) groups excluding carboxylic acids is 1. The smallest absolute Gasteiger partial charge is 0.259 e. The van der Waals surface area contributed by atoms with Crippen molar-refractivity contribution in [1.29, 1.82) is 0 Å². The largest absolute Gasteiger partial charge is 0.322 e. The van der Waals surface area contributed by atoms with Crippen molar-refractivity contribution < 1.29 is 9.18 Å². The number of amides is 1. The molecular weight excluding hydrogens is 377 g/mol. The monoisotopic (exact) mass is 385 g/mol. The average Bonchev–Trinajstić information content (AvgIpc) is 2.33. The Hall–Kier alpha value is -1.20. The molecule has 0 heterocycles. The first kappa shape index (κ1) is 14.2. The number of nitrogens with one attached hydrogen (secondary N) is 1. The van der Waals surface area contributed by atoms with Crippen LogP contribution in [0.1, 0.15) is 15.9 Å². The zero-order chi connectivity index (χ0) is 14.0. The van der Waals surface area contributed by atoms with E-state index < -0.39 is 11.7 Å². The molecule has 0 fully saturated rings. The zero-order valence-corrected chi connectivity index (χ0v) is 13.2. The molecule has 1 N–H and O–H groups in total. The second kappa shape index (κ2) is 5.84. The molecule has 0 aliphatic carbocycles. The molecule has 0 saturated carbocycles. The number of aryl methyl sites for hydroxylation is 1. The van der Waals surface area contributed by atoms with E-state index in [4.69, 9.17) is 0 Å². The number of hydrogen-bond acceptors (Lipinski definition) is 1. The number of benzene rings is 2. The molecule has 0 radical (unpaired) electrons. The van der Waals surface area contributed by atoms with Gasteiger partial charge in [0.25, 0.3) is 5.91 Å². The van der Waals surface area contributed by atoms with E-state index in [1.807, 2.05) is 13.0 Å². The lowest BCUT2D eigenvalue weighted by Gasteiger charge is -2.09.